The zero-order chi connectivity index (χ0) is 27.1. The van der Waals surface area contributed by atoms with E-state index >= 15 is 0 Å². The fourth-order valence-corrected chi connectivity index (χ4v) is 3.42. The molecule has 4 N–H and O–H groups in total. The van der Waals surface area contributed by atoms with Gasteiger partial charge in [0.15, 0.2) is 0 Å². The molecule has 0 aliphatic carbocycles. The highest BCUT2D eigenvalue weighted by molar-refractivity contribution is 5.78. The highest BCUT2D eigenvalue weighted by atomic mass is 16.5. The number of hydrogen-bond donors (Lipinski definition) is 3. The summed E-state index contributed by atoms with van der Waals surface area (Å²) in [7, 11) is 5.20. The number of ether oxygens (including phenoxy) is 1. The van der Waals surface area contributed by atoms with E-state index in [1.165, 1.54) is 6.92 Å². The van der Waals surface area contributed by atoms with Gasteiger partial charge < -0.3 is 30.4 Å². The van der Waals surface area contributed by atoms with Crippen molar-refractivity contribution in [2.75, 3.05) is 41.0 Å². The molecular weight excluding hydrogens is 460 g/mol. The number of hydrazine groups is 1. The summed E-state index contributed by atoms with van der Waals surface area (Å²) in [6.07, 6.45) is -0.649. The fourth-order valence-electron chi connectivity index (χ4n) is 3.42. The van der Waals surface area contributed by atoms with Gasteiger partial charge >= 0.3 is 0 Å². The predicted octanol–water partition coefficient (Wildman–Crippen LogP) is 1.09. The summed E-state index contributed by atoms with van der Waals surface area (Å²) >= 11 is 0. The van der Waals surface area contributed by atoms with E-state index in [-0.39, 0.29) is 31.6 Å². The molecule has 0 saturated carbocycles. The second-order valence-electron chi connectivity index (χ2n) is 8.37. The molecule has 0 radical (unpaired) electrons. The molecule has 0 heterocycles. The van der Waals surface area contributed by atoms with Crippen LogP contribution < -0.4 is 21.2 Å². The maximum atomic E-state index is 13.0. The van der Waals surface area contributed by atoms with Crippen LogP contribution in [0.2, 0.25) is 0 Å². The van der Waals surface area contributed by atoms with Gasteiger partial charge in [0.25, 0.3) is 0 Å². The zero-order valence-electron chi connectivity index (χ0n) is 22.0. The quantitative estimate of drug-likeness (QED) is 0.276. The first-order valence-electron chi connectivity index (χ1n) is 11.6. The summed E-state index contributed by atoms with van der Waals surface area (Å²) in [5, 5.41) is 4.73. The molecule has 0 aliphatic rings. The van der Waals surface area contributed by atoms with E-state index in [1.54, 1.807) is 29.0 Å². The molecule has 2 aromatic rings. The Bertz CT molecular complexity index is 923. The minimum Gasteiger partial charge on any atom is -0.497 e. The molecule has 1 unspecified atom stereocenters. The summed E-state index contributed by atoms with van der Waals surface area (Å²) in [5.74, 6) is 0.558. The van der Waals surface area contributed by atoms with Crippen molar-refractivity contribution >= 4 is 18.6 Å². The molecule has 2 amide bonds. The number of rotatable bonds is 13. The van der Waals surface area contributed by atoms with Crippen LogP contribution in [0.5, 0.6) is 5.75 Å². The monoisotopic (exact) mass is 500 g/mol. The van der Waals surface area contributed by atoms with Crippen molar-refractivity contribution in [3.05, 3.63) is 65.2 Å². The average Bonchev–Trinajstić information content (AvgIpc) is 2.88. The lowest BCUT2D eigenvalue weighted by atomic mass is 10.1. The Hall–Kier alpha value is -3.31. The zero-order valence-corrected chi connectivity index (χ0v) is 22.0. The summed E-state index contributed by atoms with van der Waals surface area (Å²) in [6.45, 7) is 7.19. The highest BCUT2D eigenvalue weighted by Crippen LogP contribution is 2.11. The Labute approximate surface area is 214 Å². The maximum absolute atomic E-state index is 13.0. The van der Waals surface area contributed by atoms with Gasteiger partial charge in [-0.15, -0.1) is 0 Å². The summed E-state index contributed by atoms with van der Waals surface area (Å²) in [4.78, 5) is 36.5. The molecule has 10 nitrogen and oxygen atoms in total. The van der Waals surface area contributed by atoms with E-state index in [4.69, 9.17) is 15.3 Å². The second-order valence-corrected chi connectivity index (χ2v) is 8.37. The molecule has 1 atom stereocenters. The number of carbonyl (C=O) groups is 3. The fraction of sp³-hybridized carbons (Fsp3) is 0.423. The number of nitrogens with two attached hydrogens (primary N) is 1. The van der Waals surface area contributed by atoms with Gasteiger partial charge in [0.2, 0.25) is 11.8 Å². The number of hydrogen-bond acceptors (Lipinski definition) is 8. The number of aryl methyl sites for hydroxylation is 1. The van der Waals surface area contributed by atoms with Crippen molar-refractivity contribution in [1.29, 1.82) is 0 Å². The van der Waals surface area contributed by atoms with Crippen molar-refractivity contribution in [3.63, 3.8) is 0 Å². The second kappa shape index (κ2) is 16.4. The lowest BCUT2D eigenvalue weighted by molar-refractivity contribution is -0.138. The summed E-state index contributed by atoms with van der Waals surface area (Å²) in [6, 6.07) is 15.7. The Morgan fingerprint density at radius 3 is 2.17 bits per heavy atom. The number of methoxy groups -OCH3 is 1. The van der Waals surface area contributed by atoms with Gasteiger partial charge in [-0.1, -0.05) is 42.0 Å². The average molecular weight is 501 g/mol. The van der Waals surface area contributed by atoms with Gasteiger partial charge in [-0.3, -0.25) is 15.0 Å². The van der Waals surface area contributed by atoms with Crippen LogP contribution >= 0.6 is 0 Å². The minimum absolute atomic E-state index is 0.0915. The minimum atomic E-state index is -0.649. The number of carbonyl (C=O) groups excluding carboxylic acids is 3. The standard InChI is InChI=1S/C25H38N6O3.CH2O/c1-19-6-8-22(9-7-19)15-30(20(2)32)16-24(26)31(18-27-3)25(33)17-29(4)28-14-21-10-12-23(34-5)13-11-21;1-2/h6-13,24,27-28H,14-18,26H2,1-5H3;1H2. The van der Waals surface area contributed by atoms with Gasteiger partial charge in [-0.2, -0.15) is 0 Å². The maximum Gasteiger partial charge on any atom is 0.240 e. The highest BCUT2D eigenvalue weighted by Gasteiger charge is 2.24. The van der Waals surface area contributed by atoms with E-state index < -0.39 is 6.17 Å². The molecule has 36 heavy (non-hydrogen) atoms. The van der Waals surface area contributed by atoms with Gasteiger partial charge in [0, 0.05) is 27.1 Å². The number of nitrogens with zero attached hydrogens (tertiary/aromatic N) is 3. The van der Waals surface area contributed by atoms with Crippen molar-refractivity contribution in [2.45, 2.75) is 33.1 Å². The number of benzene rings is 2. The van der Waals surface area contributed by atoms with Crippen LogP contribution in [0, 0.1) is 6.92 Å². The summed E-state index contributed by atoms with van der Waals surface area (Å²) in [5.41, 5.74) is 12.9. The van der Waals surface area contributed by atoms with Crippen molar-refractivity contribution in [2.24, 2.45) is 5.73 Å². The molecular formula is C26H40N6O4. The normalized spacial score (nSPS) is 11.3. The first kappa shape index (κ1) is 30.7. The molecule has 198 valence electrons. The molecule has 0 saturated heterocycles. The third kappa shape index (κ3) is 10.5. The molecule has 0 aliphatic heterocycles. The molecule has 0 spiro atoms. The molecule has 2 rings (SSSR count). The van der Waals surface area contributed by atoms with E-state index in [2.05, 4.69) is 10.7 Å². The van der Waals surface area contributed by atoms with Crippen molar-refractivity contribution in [1.82, 2.24) is 25.6 Å². The van der Waals surface area contributed by atoms with Crippen molar-refractivity contribution < 1.29 is 19.1 Å². The van der Waals surface area contributed by atoms with Gasteiger partial charge in [-0.25, -0.2) is 5.01 Å². The van der Waals surface area contributed by atoms with E-state index in [9.17, 15) is 9.59 Å². The lowest BCUT2D eigenvalue weighted by Crippen LogP contribution is -2.57. The largest absolute Gasteiger partial charge is 0.497 e. The van der Waals surface area contributed by atoms with Crippen LogP contribution in [0.15, 0.2) is 48.5 Å². The molecule has 0 fully saturated rings. The molecule has 10 heteroatoms. The van der Waals surface area contributed by atoms with Gasteiger partial charge in [-0.05, 0) is 37.2 Å². The SMILES string of the molecule is C=O.CNCN(C(=O)CN(C)NCc1ccc(OC)cc1)C(N)CN(Cc1ccc(C)cc1)C(C)=O. The van der Waals surface area contributed by atoms with E-state index in [1.807, 2.05) is 69.3 Å². The number of nitrogens with one attached hydrogen (secondary N) is 2. The van der Waals surface area contributed by atoms with Crippen LogP contribution in [-0.2, 0) is 27.5 Å². The first-order valence-corrected chi connectivity index (χ1v) is 11.6. The van der Waals surface area contributed by atoms with Crippen LogP contribution in [0.4, 0.5) is 0 Å². The molecule has 2 aromatic carbocycles. The predicted molar refractivity (Wildman–Crippen MR) is 141 cm³/mol. The lowest BCUT2D eigenvalue weighted by Gasteiger charge is -2.34. The van der Waals surface area contributed by atoms with Crippen LogP contribution in [0.1, 0.15) is 23.6 Å². The third-order valence-corrected chi connectivity index (χ3v) is 5.48. The Morgan fingerprint density at radius 2 is 1.64 bits per heavy atom. The van der Waals surface area contributed by atoms with Crippen LogP contribution in [0.3, 0.4) is 0 Å². The molecule has 0 aromatic heterocycles. The van der Waals surface area contributed by atoms with Gasteiger partial charge in [0.05, 0.1) is 33.0 Å². The Morgan fingerprint density at radius 1 is 1.06 bits per heavy atom. The number of amides is 2. The Balaban J connectivity index is 0.00000316. The van der Waals surface area contributed by atoms with Gasteiger partial charge in [0.1, 0.15) is 12.5 Å². The number of likely N-dealkylation sites (N-methyl/N-ethyl adjacent to an activating group) is 1. The first-order chi connectivity index (χ1) is 17.2. The van der Waals surface area contributed by atoms with Crippen LogP contribution in [0.25, 0.3) is 0 Å². The Kier molecular flexibility index (Phi) is 14.0. The van der Waals surface area contributed by atoms with Crippen molar-refractivity contribution in [3.8, 4) is 5.75 Å². The third-order valence-electron chi connectivity index (χ3n) is 5.48. The van der Waals surface area contributed by atoms with E-state index in [0.717, 1.165) is 22.4 Å². The smallest absolute Gasteiger partial charge is 0.240 e. The van der Waals surface area contributed by atoms with Crippen LogP contribution in [-0.4, -0.2) is 80.5 Å². The summed E-state index contributed by atoms with van der Waals surface area (Å²) < 4.78 is 5.18. The molecule has 0 bridgehead atoms. The topological polar surface area (TPSA) is 120 Å². The van der Waals surface area contributed by atoms with E-state index in [0.29, 0.717) is 13.1 Å².